The molecule has 0 spiro atoms. The minimum atomic E-state index is -0.703. The fourth-order valence-corrected chi connectivity index (χ4v) is 3.78. The molecule has 1 aliphatic rings. The second-order valence-electron chi connectivity index (χ2n) is 7.76. The molecule has 0 heterocycles. The Bertz CT molecular complexity index is 1100. The first-order valence-corrected chi connectivity index (χ1v) is 10.7. The topological polar surface area (TPSA) is 142 Å². The van der Waals surface area contributed by atoms with E-state index >= 15 is 0 Å². The number of hydrogen-bond acceptors (Lipinski definition) is 8. The molecule has 0 amide bonds. The zero-order chi connectivity index (χ0) is 24.0. The quantitative estimate of drug-likeness (QED) is 0.175. The third-order valence-electron chi connectivity index (χ3n) is 5.63. The Balaban J connectivity index is 1.78. The van der Waals surface area contributed by atoms with Crippen LogP contribution >= 0.6 is 0 Å². The molecule has 1 fully saturated rings. The summed E-state index contributed by atoms with van der Waals surface area (Å²) in [6.07, 6.45) is 4.84. The number of carbonyl (C=O) groups excluding carboxylic acids is 2. The Morgan fingerprint density at radius 2 is 1.67 bits per heavy atom. The molecule has 0 radical (unpaired) electrons. The van der Waals surface area contributed by atoms with Crippen LogP contribution in [0.1, 0.15) is 55.8 Å². The van der Waals surface area contributed by atoms with Gasteiger partial charge >= 0.3 is 5.97 Å². The summed E-state index contributed by atoms with van der Waals surface area (Å²) >= 11 is 0. The lowest BCUT2D eigenvalue weighted by molar-refractivity contribution is -0.393. The van der Waals surface area contributed by atoms with Crippen molar-refractivity contribution in [3.05, 3.63) is 68.3 Å². The molecule has 1 aliphatic carbocycles. The number of nitro benzene ring substituents is 2. The van der Waals surface area contributed by atoms with Gasteiger partial charge in [0, 0.05) is 11.6 Å². The van der Waals surface area contributed by atoms with E-state index in [0.29, 0.717) is 5.56 Å². The summed E-state index contributed by atoms with van der Waals surface area (Å²) in [6, 6.07) is 9.39. The molecule has 0 atom stereocenters. The predicted molar refractivity (Wildman–Crippen MR) is 120 cm³/mol. The van der Waals surface area contributed by atoms with Crippen molar-refractivity contribution >= 4 is 28.8 Å². The van der Waals surface area contributed by atoms with Crippen molar-refractivity contribution in [2.45, 2.75) is 45.4 Å². The summed E-state index contributed by atoms with van der Waals surface area (Å²) in [5, 5.41) is 26.1. The van der Waals surface area contributed by atoms with Crippen LogP contribution in [0.3, 0.4) is 0 Å². The Labute approximate surface area is 189 Å². The number of nitro groups is 2. The van der Waals surface area contributed by atoms with Crippen LogP contribution < -0.4 is 0 Å². The molecular weight excluding hydrogens is 430 g/mol. The number of carbonyl (C=O) groups is 2. The van der Waals surface area contributed by atoms with E-state index in [1.165, 1.54) is 36.4 Å². The molecule has 0 aromatic heterocycles. The zero-order valence-electron chi connectivity index (χ0n) is 18.1. The summed E-state index contributed by atoms with van der Waals surface area (Å²) < 4.78 is 0. The third kappa shape index (κ3) is 5.65. The lowest BCUT2D eigenvalue weighted by Gasteiger charge is -2.18. The van der Waals surface area contributed by atoms with E-state index in [-0.39, 0.29) is 34.9 Å². The van der Waals surface area contributed by atoms with Crippen LogP contribution in [-0.2, 0) is 9.63 Å². The van der Waals surface area contributed by atoms with Gasteiger partial charge in [-0.1, -0.05) is 55.6 Å². The predicted octanol–water partition coefficient (Wildman–Crippen LogP) is 5.24. The molecule has 172 valence electrons. The first-order chi connectivity index (χ1) is 15.8. The number of rotatable bonds is 8. The van der Waals surface area contributed by atoms with Crippen molar-refractivity contribution in [1.29, 1.82) is 0 Å². The largest absolute Gasteiger partial charge is 0.338 e. The zero-order valence-corrected chi connectivity index (χ0v) is 18.1. The highest BCUT2D eigenvalue weighted by Crippen LogP contribution is 2.33. The van der Waals surface area contributed by atoms with Gasteiger partial charge in [0.25, 0.3) is 11.4 Å². The van der Waals surface area contributed by atoms with Crippen LogP contribution in [0.5, 0.6) is 0 Å². The molecule has 0 unspecified atom stereocenters. The Kier molecular flexibility index (Phi) is 7.60. The Hall–Kier alpha value is -3.95. The van der Waals surface area contributed by atoms with Gasteiger partial charge in [-0.15, -0.1) is 0 Å². The fourth-order valence-electron chi connectivity index (χ4n) is 3.78. The summed E-state index contributed by atoms with van der Waals surface area (Å²) in [5.74, 6) is -1.03. The molecule has 0 aliphatic heterocycles. The molecular formula is C23H23N3O7. The summed E-state index contributed by atoms with van der Waals surface area (Å²) in [7, 11) is 0. The van der Waals surface area contributed by atoms with Crippen LogP contribution in [0.25, 0.3) is 11.1 Å². The minimum Gasteiger partial charge on any atom is -0.318 e. The van der Waals surface area contributed by atoms with Gasteiger partial charge in [0.1, 0.15) is 5.71 Å². The van der Waals surface area contributed by atoms with E-state index < -0.39 is 27.3 Å². The van der Waals surface area contributed by atoms with Gasteiger partial charge in [0.15, 0.2) is 0 Å². The highest BCUT2D eigenvalue weighted by atomic mass is 16.7. The molecule has 1 saturated carbocycles. The number of hydrogen-bond donors (Lipinski definition) is 0. The van der Waals surface area contributed by atoms with Gasteiger partial charge in [-0.25, -0.2) is 4.79 Å². The molecule has 33 heavy (non-hydrogen) atoms. The summed E-state index contributed by atoms with van der Waals surface area (Å²) in [5.41, 5.74) is 0.186. The highest BCUT2D eigenvalue weighted by molar-refractivity contribution is 6.45. The number of Topliss-reactive ketones (excluding diaryl/α,β-unsaturated/α-hetero) is 1. The molecule has 10 heteroatoms. The molecule has 2 aromatic rings. The van der Waals surface area contributed by atoms with E-state index in [2.05, 4.69) is 5.16 Å². The maximum absolute atomic E-state index is 12.8. The Morgan fingerprint density at radius 1 is 1.00 bits per heavy atom. The number of benzene rings is 2. The number of oxime groups is 1. The van der Waals surface area contributed by atoms with Crippen LogP contribution in [0.4, 0.5) is 11.4 Å². The van der Waals surface area contributed by atoms with Gasteiger partial charge in [0.05, 0.1) is 27.4 Å². The first kappa shape index (κ1) is 23.7. The minimum absolute atomic E-state index is 0.0909. The molecule has 10 nitrogen and oxygen atoms in total. The lowest BCUT2D eigenvalue weighted by Crippen LogP contribution is -2.20. The van der Waals surface area contributed by atoms with Crippen molar-refractivity contribution in [1.82, 2.24) is 0 Å². The lowest BCUT2D eigenvalue weighted by atomic mass is 9.89. The second-order valence-corrected chi connectivity index (χ2v) is 7.76. The number of ketones is 1. The van der Waals surface area contributed by atoms with Gasteiger partial charge in [-0.2, -0.15) is 0 Å². The van der Waals surface area contributed by atoms with E-state index in [9.17, 15) is 29.8 Å². The average Bonchev–Trinajstić information content (AvgIpc) is 2.84. The highest BCUT2D eigenvalue weighted by Gasteiger charge is 2.24. The average molecular weight is 453 g/mol. The normalized spacial score (nSPS) is 14.5. The third-order valence-corrected chi connectivity index (χ3v) is 5.63. The van der Waals surface area contributed by atoms with Crippen molar-refractivity contribution in [2.24, 2.45) is 11.1 Å². The van der Waals surface area contributed by atoms with Crippen molar-refractivity contribution in [3.63, 3.8) is 0 Å². The maximum atomic E-state index is 12.8. The van der Waals surface area contributed by atoms with Gasteiger partial charge in [-0.05, 0) is 30.9 Å². The monoisotopic (exact) mass is 453 g/mol. The van der Waals surface area contributed by atoms with Crippen LogP contribution in [0.2, 0.25) is 0 Å². The SMILES string of the molecule is CC/C(=N/OC(=O)C1CCCCC1)C(=O)c1ccc(-c2ccc([N+](=O)[O-])cc2[N+](=O)[O-])cc1. The van der Waals surface area contributed by atoms with Gasteiger partial charge < -0.3 is 4.84 Å². The molecule has 0 saturated heterocycles. The van der Waals surface area contributed by atoms with Crippen LogP contribution in [0, 0.1) is 26.1 Å². The number of non-ortho nitro benzene ring substituents is 1. The molecule has 0 N–H and O–H groups in total. The maximum Gasteiger partial charge on any atom is 0.338 e. The van der Waals surface area contributed by atoms with Gasteiger partial charge in [-0.3, -0.25) is 25.0 Å². The molecule has 2 aromatic carbocycles. The van der Waals surface area contributed by atoms with E-state index in [4.69, 9.17) is 4.84 Å². The standard InChI is InChI=1S/C23H23N3O7/c1-2-20(24-33-23(28)17-6-4-3-5-7-17)22(27)16-10-8-15(9-11-16)19-13-12-18(25(29)30)14-21(19)26(31)32/h8-14,17H,2-7H2,1H3/b24-20-. The first-order valence-electron chi connectivity index (χ1n) is 10.7. The van der Waals surface area contributed by atoms with Gasteiger partial charge in [0.2, 0.25) is 5.78 Å². The van der Waals surface area contributed by atoms with E-state index in [1.54, 1.807) is 6.92 Å². The van der Waals surface area contributed by atoms with Crippen LogP contribution in [0.15, 0.2) is 47.6 Å². The molecule has 3 rings (SSSR count). The smallest absolute Gasteiger partial charge is 0.318 e. The van der Waals surface area contributed by atoms with E-state index in [1.807, 2.05) is 0 Å². The van der Waals surface area contributed by atoms with Crippen LogP contribution in [-0.4, -0.2) is 27.3 Å². The van der Waals surface area contributed by atoms with Crippen molar-refractivity contribution in [2.75, 3.05) is 0 Å². The summed E-state index contributed by atoms with van der Waals surface area (Å²) in [4.78, 5) is 51.0. The number of nitrogens with zero attached hydrogens (tertiary/aromatic N) is 3. The Morgan fingerprint density at radius 3 is 2.24 bits per heavy atom. The van der Waals surface area contributed by atoms with Crippen molar-refractivity contribution in [3.8, 4) is 11.1 Å². The summed E-state index contributed by atoms with van der Waals surface area (Å²) in [6.45, 7) is 1.72. The fraction of sp³-hybridized carbons (Fsp3) is 0.348. The second kappa shape index (κ2) is 10.6. The molecule has 0 bridgehead atoms. The van der Waals surface area contributed by atoms with E-state index in [0.717, 1.165) is 38.2 Å². The van der Waals surface area contributed by atoms with Crippen molar-refractivity contribution < 1.29 is 24.3 Å².